The lowest BCUT2D eigenvalue weighted by Crippen LogP contribution is -2.35. The van der Waals surface area contributed by atoms with E-state index in [0.717, 1.165) is 47.9 Å². The molecule has 2 aromatic carbocycles. The Labute approximate surface area is 182 Å². The van der Waals surface area contributed by atoms with Crippen LogP contribution in [0.2, 0.25) is 0 Å². The van der Waals surface area contributed by atoms with E-state index in [0.29, 0.717) is 24.4 Å². The molecule has 1 N–H and O–H groups in total. The number of benzene rings is 2. The maximum Gasteiger partial charge on any atom is 0.258 e. The van der Waals surface area contributed by atoms with Crippen molar-refractivity contribution < 1.29 is 14.6 Å². The van der Waals surface area contributed by atoms with Crippen LogP contribution < -0.4 is 4.74 Å². The van der Waals surface area contributed by atoms with Crippen LogP contribution in [0.15, 0.2) is 54.9 Å². The van der Waals surface area contributed by atoms with Gasteiger partial charge in [0.1, 0.15) is 11.9 Å². The maximum atomic E-state index is 13.3. The van der Waals surface area contributed by atoms with Crippen molar-refractivity contribution in [1.82, 2.24) is 14.7 Å². The number of rotatable bonds is 5. The van der Waals surface area contributed by atoms with E-state index in [-0.39, 0.29) is 12.0 Å². The summed E-state index contributed by atoms with van der Waals surface area (Å²) in [5.74, 6) is 0.586. The minimum atomic E-state index is -0.465. The molecule has 1 saturated carbocycles. The Balaban J connectivity index is 1.35. The van der Waals surface area contributed by atoms with Crippen LogP contribution in [-0.4, -0.2) is 37.9 Å². The molecule has 1 amide bonds. The first-order valence-electron chi connectivity index (χ1n) is 10.9. The minimum absolute atomic E-state index is 0.0114. The smallest absolute Gasteiger partial charge is 0.258 e. The normalized spacial score (nSPS) is 20.7. The zero-order valence-corrected chi connectivity index (χ0v) is 17.7. The molecule has 2 unspecified atom stereocenters. The van der Waals surface area contributed by atoms with Crippen molar-refractivity contribution in [3.05, 3.63) is 71.5 Å². The third kappa shape index (κ3) is 3.95. The first-order chi connectivity index (χ1) is 15.1. The highest BCUT2D eigenvalue weighted by atomic mass is 16.5. The number of amides is 1. The van der Waals surface area contributed by atoms with E-state index >= 15 is 0 Å². The molecule has 1 aliphatic carbocycles. The number of hydrogen-bond donors (Lipinski definition) is 1. The Hall–Kier alpha value is -3.12. The van der Waals surface area contributed by atoms with Crippen molar-refractivity contribution in [2.24, 2.45) is 7.05 Å². The largest absolute Gasteiger partial charge is 0.487 e. The van der Waals surface area contributed by atoms with E-state index in [2.05, 4.69) is 17.2 Å². The Morgan fingerprint density at radius 3 is 2.77 bits per heavy atom. The van der Waals surface area contributed by atoms with Gasteiger partial charge in [-0.1, -0.05) is 36.8 Å². The number of carbonyl (C=O) groups excluding carboxylic acids is 1. The summed E-state index contributed by atoms with van der Waals surface area (Å²) in [6, 6.07) is 14.0. The summed E-state index contributed by atoms with van der Waals surface area (Å²) in [6.07, 6.45) is 6.78. The van der Waals surface area contributed by atoms with Gasteiger partial charge in [0, 0.05) is 31.9 Å². The van der Waals surface area contributed by atoms with Crippen LogP contribution in [0.4, 0.5) is 0 Å². The summed E-state index contributed by atoms with van der Waals surface area (Å²) < 4.78 is 7.94. The lowest BCUT2D eigenvalue weighted by molar-refractivity contribution is 0.00636. The number of aryl methyl sites for hydroxylation is 1. The van der Waals surface area contributed by atoms with E-state index in [9.17, 15) is 9.90 Å². The lowest BCUT2D eigenvalue weighted by Gasteiger charge is -2.28. The summed E-state index contributed by atoms with van der Waals surface area (Å²) in [4.78, 5) is 15.1. The minimum Gasteiger partial charge on any atom is -0.487 e. The van der Waals surface area contributed by atoms with Gasteiger partial charge in [-0.25, -0.2) is 0 Å². The Morgan fingerprint density at radius 2 is 1.97 bits per heavy atom. The molecule has 3 aromatic rings. The van der Waals surface area contributed by atoms with Crippen LogP contribution >= 0.6 is 0 Å². The predicted octanol–water partition coefficient (Wildman–Crippen LogP) is 3.93. The first-order valence-corrected chi connectivity index (χ1v) is 10.9. The molecule has 2 atom stereocenters. The number of hydrogen-bond acceptors (Lipinski definition) is 4. The van der Waals surface area contributed by atoms with Crippen LogP contribution in [0.3, 0.4) is 0 Å². The highest BCUT2D eigenvalue weighted by Crippen LogP contribution is 2.34. The van der Waals surface area contributed by atoms with E-state index in [4.69, 9.17) is 4.74 Å². The van der Waals surface area contributed by atoms with E-state index < -0.39 is 6.10 Å². The highest BCUT2D eigenvalue weighted by molar-refractivity contribution is 6.01. The molecule has 5 rings (SSSR count). The summed E-state index contributed by atoms with van der Waals surface area (Å²) in [5.41, 5.74) is 4.85. The Bertz CT molecular complexity index is 1110. The van der Waals surface area contributed by atoms with Gasteiger partial charge >= 0.3 is 0 Å². The average molecular weight is 418 g/mol. The van der Waals surface area contributed by atoms with Crippen molar-refractivity contribution in [3.63, 3.8) is 0 Å². The first kappa shape index (κ1) is 19.8. The zero-order valence-electron chi connectivity index (χ0n) is 17.7. The number of aromatic nitrogens is 2. The Kier molecular flexibility index (Phi) is 5.24. The number of aliphatic hydroxyl groups is 1. The lowest BCUT2D eigenvalue weighted by atomic mass is 9.94. The molecule has 6 nitrogen and oxygen atoms in total. The number of carbonyl (C=O) groups is 1. The molecule has 1 fully saturated rings. The number of nitrogens with zero attached hydrogens (tertiary/aromatic N) is 3. The molecule has 2 heterocycles. The summed E-state index contributed by atoms with van der Waals surface area (Å²) in [7, 11) is 1.90. The molecule has 6 heteroatoms. The quantitative estimate of drug-likeness (QED) is 0.683. The molecule has 160 valence electrons. The van der Waals surface area contributed by atoms with Gasteiger partial charge in [0.05, 0.1) is 17.9 Å². The fourth-order valence-electron chi connectivity index (χ4n) is 4.63. The second-order valence-corrected chi connectivity index (χ2v) is 8.56. The molecule has 2 aliphatic rings. The third-order valence-corrected chi connectivity index (χ3v) is 6.26. The molecule has 0 bridgehead atoms. The van der Waals surface area contributed by atoms with Crippen molar-refractivity contribution in [2.75, 3.05) is 0 Å². The van der Waals surface area contributed by atoms with Crippen molar-refractivity contribution in [3.8, 4) is 16.9 Å². The predicted molar refractivity (Wildman–Crippen MR) is 118 cm³/mol. The van der Waals surface area contributed by atoms with Gasteiger partial charge < -0.3 is 14.7 Å². The zero-order chi connectivity index (χ0) is 21.4. The van der Waals surface area contributed by atoms with E-state index in [1.807, 2.05) is 54.7 Å². The molecule has 0 spiro atoms. The summed E-state index contributed by atoms with van der Waals surface area (Å²) in [6.45, 7) is 1.10. The number of ether oxygens (including phenoxy) is 1. The van der Waals surface area contributed by atoms with Crippen LogP contribution in [0.1, 0.15) is 47.2 Å². The fourth-order valence-corrected chi connectivity index (χ4v) is 4.63. The Morgan fingerprint density at radius 1 is 1.13 bits per heavy atom. The topological polar surface area (TPSA) is 67.6 Å². The van der Waals surface area contributed by atoms with Crippen LogP contribution in [0.5, 0.6) is 5.75 Å². The number of aliphatic hydroxyl groups excluding tert-OH is 1. The van der Waals surface area contributed by atoms with Crippen molar-refractivity contribution in [2.45, 2.75) is 51.0 Å². The molecule has 0 saturated heterocycles. The monoisotopic (exact) mass is 417 g/mol. The molecular formula is C25H27N3O3. The molecule has 1 aliphatic heterocycles. The third-order valence-electron chi connectivity index (χ3n) is 6.26. The molecule has 1 aromatic heterocycles. The molecule has 31 heavy (non-hydrogen) atoms. The van der Waals surface area contributed by atoms with Gasteiger partial charge in [-0.15, -0.1) is 0 Å². The molecule has 0 radical (unpaired) electrons. The standard InChI is InChI=1S/C25H27N3O3/c1-27-15-20(13-26-27)18-7-4-6-17(12-18)14-28-16-19-8-5-11-23(24(19)25(28)30)31-22-10-3-2-9-21(22)29/h4-8,11-13,15,21-22,29H,2-3,9-10,14,16H2,1H3. The van der Waals surface area contributed by atoms with Gasteiger partial charge in [0.15, 0.2) is 0 Å². The summed E-state index contributed by atoms with van der Waals surface area (Å²) >= 11 is 0. The van der Waals surface area contributed by atoms with Crippen LogP contribution in [-0.2, 0) is 20.1 Å². The van der Waals surface area contributed by atoms with Gasteiger partial charge in [-0.05, 0) is 48.1 Å². The molecular weight excluding hydrogens is 390 g/mol. The fraction of sp³-hybridized carbons (Fsp3) is 0.360. The van der Waals surface area contributed by atoms with Gasteiger partial charge in [0.2, 0.25) is 0 Å². The van der Waals surface area contributed by atoms with Crippen molar-refractivity contribution >= 4 is 5.91 Å². The average Bonchev–Trinajstić information content (AvgIpc) is 3.34. The van der Waals surface area contributed by atoms with E-state index in [1.165, 1.54) is 0 Å². The van der Waals surface area contributed by atoms with Crippen LogP contribution in [0.25, 0.3) is 11.1 Å². The summed E-state index contributed by atoms with van der Waals surface area (Å²) in [5, 5.41) is 14.5. The van der Waals surface area contributed by atoms with Crippen LogP contribution in [0, 0.1) is 0 Å². The number of fused-ring (bicyclic) bond motifs is 1. The SMILES string of the molecule is Cn1cc(-c2cccc(CN3Cc4cccc(OC5CCCCC5O)c4C3=O)c2)cn1. The van der Waals surface area contributed by atoms with Gasteiger partial charge in [-0.3, -0.25) is 9.48 Å². The van der Waals surface area contributed by atoms with Gasteiger partial charge in [-0.2, -0.15) is 5.10 Å². The highest BCUT2D eigenvalue weighted by Gasteiger charge is 2.33. The second kappa shape index (κ2) is 8.19. The van der Waals surface area contributed by atoms with Gasteiger partial charge in [0.25, 0.3) is 5.91 Å². The maximum absolute atomic E-state index is 13.3. The van der Waals surface area contributed by atoms with Crippen molar-refractivity contribution in [1.29, 1.82) is 0 Å². The second-order valence-electron chi connectivity index (χ2n) is 8.56. The van der Waals surface area contributed by atoms with E-state index in [1.54, 1.807) is 4.68 Å².